The van der Waals surface area contributed by atoms with Crippen LogP contribution in [0.3, 0.4) is 0 Å². The van der Waals surface area contributed by atoms with Crippen LogP contribution >= 0.6 is 12.6 Å². The topological polar surface area (TPSA) is 84.8 Å². The van der Waals surface area contributed by atoms with E-state index in [0.29, 0.717) is 12.3 Å². The van der Waals surface area contributed by atoms with Crippen molar-refractivity contribution in [1.29, 1.82) is 0 Å². The molecule has 0 fully saturated rings. The van der Waals surface area contributed by atoms with Gasteiger partial charge in [0.15, 0.2) is 5.78 Å². The monoisotopic (exact) mass is 363 g/mol. The van der Waals surface area contributed by atoms with Gasteiger partial charge in [0.2, 0.25) is 0 Å². The lowest BCUT2D eigenvalue weighted by atomic mass is 9.84. The largest absolute Gasteiger partial charge is 0.377 e. The molecule has 6 nitrogen and oxygen atoms in total. The molecule has 0 aliphatic carbocycles. The van der Waals surface area contributed by atoms with Crippen molar-refractivity contribution < 1.29 is 15.0 Å². The molecule has 144 valence electrons. The smallest absolute Gasteiger partial charge is 0.155 e. The van der Waals surface area contributed by atoms with Crippen molar-refractivity contribution in [2.45, 2.75) is 66.1 Å². The van der Waals surface area contributed by atoms with Gasteiger partial charge in [0.1, 0.15) is 12.5 Å². The third-order valence-electron chi connectivity index (χ3n) is 3.77. The molecular weight excluding hydrogens is 326 g/mol. The Morgan fingerprint density at radius 2 is 1.58 bits per heavy atom. The number of nitrogens with one attached hydrogen (secondary N) is 2. The van der Waals surface area contributed by atoms with Crippen LogP contribution in [0.1, 0.15) is 41.5 Å². The minimum atomic E-state index is -0.995. The van der Waals surface area contributed by atoms with Crippen molar-refractivity contribution in [3.63, 3.8) is 0 Å². The normalized spacial score (nSPS) is 18.3. The molecule has 0 spiro atoms. The summed E-state index contributed by atoms with van der Waals surface area (Å²) in [5.41, 5.74) is -0.846. The first-order valence-electron chi connectivity index (χ1n) is 8.38. The maximum atomic E-state index is 12.5. The molecule has 0 aromatic heterocycles. The number of likely N-dealkylation sites (N-methyl/N-ethyl adjacent to an activating group) is 1. The molecule has 0 saturated carbocycles. The van der Waals surface area contributed by atoms with Crippen molar-refractivity contribution in [1.82, 2.24) is 15.5 Å². The van der Waals surface area contributed by atoms with Crippen LogP contribution in [-0.4, -0.2) is 71.8 Å². The zero-order valence-corrected chi connectivity index (χ0v) is 17.3. The Kier molecular flexibility index (Phi) is 9.43. The molecule has 0 saturated heterocycles. The number of carbonyl (C=O) groups excluding carboxylic acids is 1. The van der Waals surface area contributed by atoms with Crippen molar-refractivity contribution in [2.24, 2.45) is 10.8 Å². The lowest BCUT2D eigenvalue weighted by molar-refractivity contribution is -0.129. The summed E-state index contributed by atoms with van der Waals surface area (Å²) in [6, 6.07) is -0.997. The first-order chi connectivity index (χ1) is 10.7. The van der Waals surface area contributed by atoms with Crippen LogP contribution in [0.25, 0.3) is 0 Å². The summed E-state index contributed by atoms with van der Waals surface area (Å²) in [6.07, 6.45) is -1.78. The second-order valence-corrected chi connectivity index (χ2v) is 9.11. The van der Waals surface area contributed by atoms with E-state index in [4.69, 9.17) is 0 Å². The summed E-state index contributed by atoms with van der Waals surface area (Å²) in [5.74, 6) is 0.294. The van der Waals surface area contributed by atoms with E-state index in [0.717, 1.165) is 0 Å². The van der Waals surface area contributed by atoms with Crippen LogP contribution < -0.4 is 10.6 Å². The molecule has 4 N–H and O–H groups in total. The SMILES string of the molecule is CN(C)CC(O)NC(C(O)NC(CS)C(=O)C(C)(C)C)C(C)(C)C. The quantitative estimate of drug-likeness (QED) is 0.306. The minimum absolute atomic E-state index is 0.00181. The van der Waals surface area contributed by atoms with E-state index in [-0.39, 0.29) is 11.2 Å². The van der Waals surface area contributed by atoms with Crippen LogP contribution in [-0.2, 0) is 4.79 Å². The summed E-state index contributed by atoms with van der Waals surface area (Å²) in [5, 5.41) is 26.9. The average Bonchev–Trinajstić information content (AvgIpc) is 2.38. The summed E-state index contributed by atoms with van der Waals surface area (Å²) < 4.78 is 0. The predicted molar refractivity (Wildman–Crippen MR) is 102 cm³/mol. The number of hydrogen-bond donors (Lipinski definition) is 5. The second kappa shape index (κ2) is 9.50. The summed E-state index contributed by atoms with van der Waals surface area (Å²) in [4.78, 5) is 14.3. The number of carbonyl (C=O) groups is 1. The number of rotatable bonds is 9. The maximum Gasteiger partial charge on any atom is 0.155 e. The number of thiol groups is 1. The van der Waals surface area contributed by atoms with Crippen LogP contribution in [0.2, 0.25) is 0 Å². The highest BCUT2D eigenvalue weighted by atomic mass is 32.1. The Bertz CT molecular complexity index is 392. The highest BCUT2D eigenvalue weighted by Crippen LogP contribution is 2.23. The molecule has 24 heavy (non-hydrogen) atoms. The summed E-state index contributed by atoms with van der Waals surface area (Å²) >= 11 is 4.25. The molecule has 0 radical (unpaired) electrons. The van der Waals surface area contributed by atoms with Gasteiger partial charge in [0, 0.05) is 17.7 Å². The first kappa shape index (κ1) is 23.8. The van der Waals surface area contributed by atoms with Crippen LogP contribution in [0.5, 0.6) is 0 Å². The molecule has 0 aromatic carbocycles. The molecule has 0 heterocycles. The van der Waals surface area contributed by atoms with Gasteiger partial charge in [-0.2, -0.15) is 12.6 Å². The fourth-order valence-corrected chi connectivity index (χ4v) is 2.73. The highest BCUT2D eigenvalue weighted by molar-refractivity contribution is 7.80. The zero-order chi connectivity index (χ0) is 19.3. The first-order valence-corrected chi connectivity index (χ1v) is 9.01. The van der Waals surface area contributed by atoms with Crippen LogP contribution in [0.15, 0.2) is 0 Å². The van der Waals surface area contributed by atoms with Crippen LogP contribution in [0.4, 0.5) is 0 Å². The van der Waals surface area contributed by atoms with E-state index >= 15 is 0 Å². The van der Waals surface area contributed by atoms with Gasteiger partial charge in [0.05, 0.1) is 12.1 Å². The zero-order valence-electron chi connectivity index (χ0n) is 16.4. The van der Waals surface area contributed by atoms with E-state index in [1.807, 2.05) is 60.5 Å². The minimum Gasteiger partial charge on any atom is -0.377 e. The molecule has 0 bridgehead atoms. The standard InChI is InChI=1S/C17H37N3O3S/c1-16(2,3)13(19-12(21)9-20(7)8)15(23)18-11(10-24)14(22)17(4,5)6/h11-13,15,18-19,21,23-24H,9-10H2,1-8H3. The molecule has 4 unspecified atom stereocenters. The van der Waals surface area contributed by atoms with Crippen molar-refractivity contribution in [2.75, 3.05) is 26.4 Å². The maximum absolute atomic E-state index is 12.5. The van der Waals surface area contributed by atoms with Gasteiger partial charge in [-0.05, 0) is 19.5 Å². The predicted octanol–water partition coefficient (Wildman–Crippen LogP) is 0.692. The van der Waals surface area contributed by atoms with E-state index < -0.39 is 30.0 Å². The average molecular weight is 364 g/mol. The van der Waals surface area contributed by atoms with Crippen molar-refractivity contribution >= 4 is 18.4 Å². The molecule has 0 aliphatic rings. The lowest BCUT2D eigenvalue weighted by Crippen LogP contribution is -2.62. The van der Waals surface area contributed by atoms with Gasteiger partial charge in [-0.15, -0.1) is 0 Å². The number of aliphatic hydroxyl groups excluding tert-OH is 2. The molecule has 7 heteroatoms. The van der Waals surface area contributed by atoms with Gasteiger partial charge in [-0.1, -0.05) is 41.5 Å². The molecule has 0 aliphatic heterocycles. The Morgan fingerprint density at radius 3 is 1.92 bits per heavy atom. The molecule has 0 amide bonds. The van der Waals surface area contributed by atoms with Gasteiger partial charge in [-0.3, -0.25) is 15.4 Å². The van der Waals surface area contributed by atoms with Crippen molar-refractivity contribution in [3.05, 3.63) is 0 Å². The third-order valence-corrected chi connectivity index (χ3v) is 4.13. The molecule has 0 rings (SSSR count). The summed E-state index contributed by atoms with van der Waals surface area (Å²) in [6.45, 7) is 11.9. The van der Waals surface area contributed by atoms with Gasteiger partial charge < -0.3 is 15.1 Å². The van der Waals surface area contributed by atoms with Gasteiger partial charge in [-0.25, -0.2) is 0 Å². The number of nitrogens with zero attached hydrogens (tertiary/aromatic N) is 1. The lowest BCUT2D eigenvalue weighted by Gasteiger charge is -2.39. The third kappa shape index (κ3) is 8.27. The molecule has 4 atom stereocenters. The van der Waals surface area contributed by atoms with E-state index in [2.05, 4.69) is 23.3 Å². The van der Waals surface area contributed by atoms with Gasteiger partial charge in [0.25, 0.3) is 0 Å². The van der Waals surface area contributed by atoms with E-state index in [9.17, 15) is 15.0 Å². The summed E-state index contributed by atoms with van der Waals surface area (Å²) in [7, 11) is 3.73. The Morgan fingerprint density at radius 1 is 1.08 bits per heavy atom. The number of Topliss-reactive ketones (excluding diaryl/α,β-unsaturated/α-hetero) is 1. The highest BCUT2D eigenvalue weighted by Gasteiger charge is 2.36. The fraction of sp³-hybridized carbons (Fsp3) is 0.941. The Balaban J connectivity index is 5.12. The second-order valence-electron chi connectivity index (χ2n) is 8.75. The van der Waals surface area contributed by atoms with Crippen LogP contribution in [0, 0.1) is 10.8 Å². The fourth-order valence-electron chi connectivity index (χ4n) is 2.46. The molecule has 0 aromatic rings. The Hall–Kier alpha value is -0.180. The van der Waals surface area contributed by atoms with Gasteiger partial charge >= 0.3 is 0 Å². The number of aliphatic hydroxyl groups is 2. The number of hydrogen-bond acceptors (Lipinski definition) is 7. The molecular formula is C17H37N3O3S. The van der Waals surface area contributed by atoms with E-state index in [1.54, 1.807) is 0 Å². The van der Waals surface area contributed by atoms with E-state index in [1.165, 1.54) is 0 Å². The van der Waals surface area contributed by atoms with Crippen molar-refractivity contribution in [3.8, 4) is 0 Å². The Labute approximate surface area is 152 Å². The number of ketones is 1.